The first-order chi connectivity index (χ1) is 12.2. The number of furan rings is 1. The summed E-state index contributed by atoms with van der Waals surface area (Å²) in [5.41, 5.74) is 5.22. The van der Waals surface area contributed by atoms with Gasteiger partial charge in [0.1, 0.15) is 18.2 Å². The minimum absolute atomic E-state index is 0.422. The molecule has 2 aromatic carbocycles. The number of rotatable bonds is 1. The van der Waals surface area contributed by atoms with Crippen LogP contribution < -0.4 is 4.57 Å². The first-order valence-electron chi connectivity index (χ1n) is 7.87. The maximum Gasteiger partial charge on any atom is 0.229 e. The second-order valence-electron chi connectivity index (χ2n) is 5.99. The Morgan fingerprint density at radius 3 is 2.68 bits per heavy atom. The molecule has 2 heterocycles. The molecular formula is C21H14N3O+. The third-order valence-corrected chi connectivity index (χ3v) is 4.53. The number of hydrogen-bond donors (Lipinski definition) is 0. The molecular weight excluding hydrogens is 310 g/mol. The fourth-order valence-electron chi connectivity index (χ4n) is 3.31. The number of aryl methyl sites for hydroxylation is 2. The highest BCUT2D eigenvalue weighted by Gasteiger charge is 2.22. The molecule has 0 amide bonds. The zero-order chi connectivity index (χ0) is 17.6. The van der Waals surface area contributed by atoms with Crippen molar-refractivity contribution in [3.63, 3.8) is 0 Å². The van der Waals surface area contributed by atoms with E-state index in [0.717, 1.165) is 22.2 Å². The smallest absolute Gasteiger partial charge is 0.229 e. The van der Waals surface area contributed by atoms with E-state index in [0.29, 0.717) is 27.8 Å². The molecule has 0 atom stereocenters. The maximum atomic E-state index is 9.49. The number of nitriles is 1. The molecule has 0 N–H and O–H groups in total. The maximum absolute atomic E-state index is 9.49. The molecule has 4 heteroatoms. The Balaban J connectivity index is 2.24. The molecule has 4 rings (SSSR count). The molecule has 0 aliphatic heterocycles. The van der Waals surface area contributed by atoms with Gasteiger partial charge in [-0.1, -0.05) is 24.3 Å². The fourth-order valence-corrected chi connectivity index (χ4v) is 3.31. The molecule has 118 valence electrons. The molecule has 0 fully saturated rings. The van der Waals surface area contributed by atoms with Crippen LogP contribution in [0.4, 0.5) is 5.69 Å². The zero-order valence-electron chi connectivity index (χ0n) is 13.9. The van der Waals surface area contributed by atoms with Crippen molar-refractivity contribution in [1.29, 1.82) is 5.26 Å². The Morgan fingerprint density at radius 2 is 1.96 bits per heavy atom. The van der Waals surface area contributed by atoms with Gasteiger partial charge < -0.3 is 4.42 Å². The monoisotopic (exact) mass is 324 g/mol. The average Bonchev–Trinajstić information content (AvgIpc) is 3.01. The summed E-state index contributed by atoms with van der Waals surface area (Å²) in [6, 6.07) is 15.6. The van der Waals surface area contributed by atoms with Gasteiger partial charge in [0.05, 0.1) is 23.8 Å². The normalized spacial score (nSPS) is 10.7. The zero-order valence-corrected chi connectivity index (χ0v) is 13.9. The Labute approximate surface area is 145 Å². The van der Waals surface area contributed by atoms with Crippen LogP contribution in [-0.2, 0) is 7.05 Å². The molecule has 25 heavy (non-hydrogen) atoms. The average molecular weight is 324 g/mol. The Kier molecular flexibility index (Phi) is 3.27. The van der Waals surface area contributed by atoms with Crippen LogP contribution in [0, 0.1) is 24.8 Å². The van der Waals surface area contributed by atoms with Crippen LogP contribution in [-0.4, -0.2) is 0 Å². The third-order valence-electron chi connectivity index (χ3n) is 4.53. The van der Waals surface area contributed by atoms with E-state index >= 15 is 0 Å². The SMILES string of the molecule is [C-]#[N+]c1ccc(C#N)c2c1oc1c(-c3cccc[n+]3C)c(C)ccc12. The van der Waals surface area contributed by atoms with Gasteiger partial charge in [-0.3, -0.25) is 0 Å². The van der Waals surface area contributed by atoms with Crippen LogP contribution in [0.2, 0.25) is 0 Å². The van der Waals surface area contributed by atoms with Gasteiger partial charge in [0.25, 0.3) is 0 Å². The van der Waals surface area contributed by atoms with E-state index in [1.807, 2.05) is 55.1 Å². The quantitative estimate of drug-likeness (QED) is 0.372. The Hall–Kier alpha value is -3.63. The molecule has 0 aliphatic carbocycles. The van der Waals surface area contributed by atoms with Gasteiger partial charge >= 0.3 is 0 Å². The molecule has 2 aromatic heterocycles. The van der Waals surface area contributed by atoms with Crippen molar-refractivity contribution in [2.45, 2.75) is 6.92 Å². The number of hydrogen-bond acceptors (Lipinski definition) is 2. The third kappa shape index (κ3) is 2.09. The summed E-state index contributed by atoms with van der Waals surface area (Å²) < 4.78 is 8.20. The van der Waals surface area contributed by atoms with E-state index in [2.05, 4.69) is 10.9 Å². The molecule has 0 aliphatic rings. The highest BCUT2D eigenvalue weighted by molar-refractivity contribution is 6.14. The van der Waals surface area contributed by atoms with Crippen LogP contribution in [0.3, 0.4) is 0 Å². The molecule has 0 unspecified atom stereocenters. The first kappa shape index (κ1) is 14.9. The topological polar surface area (TPSA) is 45.2 Å². The molecule has 0 spiro atoms. The lowest BCUT2D eigenvalue weighted by Gasteiger charge is -2.05. The van der Waals surface area contributed by atoms with Crippen LogP contribution in [0.1, 0.15) is 11.1 Å². The summed E-state index contributed by atoms with van der Waals surface area (Å²) in [6.45, 7) is 9.44. The standard InChI is InChI=1S/C21H14N3O/c1-13-7-9-15-19-14(12-22)8-10-16(23-2)21(19)25-20(15)18(13)17-6-4-5-11-24(17)3/h4-11H,1,3H3/q+1. The molecule has 0 saturated carbocycles. The van der Waals surface area contributed by atoms with Gasteiger partial charge in [0, 0.05) is 22.9 Å². The lowest BCUT2D eigenvalue weighted by atomic mass is 9.99. The molecule has 0 bridgehead atoms. The van der Waals surface area contributed by atoms with Crippen molar-refractivity contribution < 1.29 is 8.98 Å². The minimum Gasteiger partial charge on any atom is -0.466 e. The fraction of sp³-hybridized carbons (Fsp3) is 0.0952. The number of fused-ring (bicyclic) bond motifs is 3. The number of aromatic nitrogens is 1. The van der Waals surface area contributed by atoms with Crippen LogP contribution in [0.25, 0.3) is 38.0 Å². The van der Waals surface area contributed by atoms with Crippen LogP contribution in [0.15, 0.2) is 53.1 Å². The lowest BCUT2D eigenvalue weighted by molar-refractivity contribution is -0.660. The predicted octanol–water partition coefficient (Wildman–Crippen LogP) is 4.81. The molecule has 0 radical (unpaired) electrons. The Bertz CT molecular complexity index is 1240. The summed E-state index contributed by atoms with van der Waals surface area (Å²) in [5.74, 6) is 0. The van der Waals surface area contributed by atoms with E-state index < -0.39 is 0 Å². The summed E-state index contributed by atoms with van der Waals surface area (Å²) in [7, 11) is 1.99. The van der Waals surface area contributed by atoms with Gasteiger partial charge in [-0.15, -0.1) is 0 Å². The second kappa shape index (κ2) is 5.47. The van der Waals surface area contributed by atoms with Crippen molar-refractivity contribution in [3.05, 3.63) is 71.2 Å². The van der Waals surface area contributed by atoms with E-state index in [1.165, 1.54) is 0 Å². The summed E-state index contributed by atoms with van der Waals surface area (Å²) in [6.07, 6.45) is 1.99. The molecule has 4 nitrogen and oxygen atoms in total. The molecule has 4 aromatic rings. The van der Waals surface area contributed by atoms with Crippen molar-refractivity contribution in [2.24, 2.45) is 7.05 Å². The summed E-state index contributed by atoms with van der Waals surface area (Å²) >= 11 is 0. The highest BCUT2D eigenvalue weighted by Crippen LogP contribution is 2.41. The first-order valence-corrected chi connectivity index (χ1v) is 7.87. The number of pyridine rings is 1. The van der Waals surface area contributed by atoms with Crippen LogP contribution >= 0.6 is 0 Å². The van der Waals surface area contributed by atoms with Crippen molar-refractivity contribution in [3.8, 4) is 17.3 Å². The van der Waals surface area contributed by atoms with E-state index in [9.17, 15) is 5.26 Å². The minimum atomic E-state index is 0.422. The van der Waals surface area contributed by atoms with E-state index in [-0.39, 0.29) is 0 Å². The summed E-state index contributed by atoms with van der Waals surface area (Å²) in [4.78, 5) is 3.55. The van der Waals surface area contributed by atoms with Gasteiger partial charge in [-0.25, -0.2) is 9.41 Å². The predicted molar refractivity (Wildman–Crippen MR) is 96.0 cm³/mol. The van der Waals surface area contributed by atoms with Crippen molar-refractivity contribution in [1.82, 2.24) is 0 Å². The van der Waals surface area contributed by atoms with E-state index in [4.69, 9.17) is 11.0 Å². The number of nitrogens with zero attached hydrogens (tertiary/aromatic N) is 3. The highest BCUT2D eigenvalue weighted by atomic mass is 16.3. The second-order valence-corrected chi connectivity index (χ2v) is 5.99. The molecule has 0 saturated heterocycles. The van der Waals surface area contributed by atoms with Gasteiger partial charge in [-0.05, 0) is 18.6 Å². The summed E-state index contributed by atoms with van der Waals surface area (Å²) in [5, 5.41) is 11.1. The van der Waals surface area contributed by atoms with Gasteiger partial charge in [-0.2, -0.15) is 5.26 Å². The van der Waals surface area contributed by atoms with Crippen molar-refractivity contribution >= 4 is 27.6 Å². The largest absolute Gasteiger partial charge is 0.466 e. The lowest BCUT2D eigenvalue weighted by Crippen LogP contribution is -2.30. The number of benzene rings is 2. The van der Waals surface area contributed by atoms with Gasteiger partial charge in [0.15, 0.2) is 6.20 Å². The van der Waals surface area contributed by atoms with Gasteiger partial charge in [0.2, 0.25) is 11.4 Å². The van der Waals surface area contributed by atoms with Crippen molar-refractivity contribution in [2.75, 3.05) is 0 Å². The van der Waals surface area contributed by atoms with E-state index in [1.54, 1.807) is 12.1 Å². The van der Waals surface area contributed by atoms with Crippen LogP contribution in [0.5, 0.6) is 0 Å². The Morgan fingerprint density at radius 1 is 1.12 bits per heavy atom.